The molecule has 2 atom stereocenters. The van der Waals surface area contributed by atoms with Crippen LogP contribution in [0.5, 0.6) is 0 Å². The quantitative estimate of drug-likeness (QED) is 0.806. The van der Waals surface area contributed by atoms with Gasteiger partial charge in [-0.3, -0.25) is 0 Å². The smallest absolute Gasteiger partial charge is 0.0949 e. The standard InChI is InChI=1S/C17H24N2OS/c1-4-8-16(20-3)14(18-2)11-17-19-15(12-21-17)13-9-6-5-7-10-13/h5-7,9-10,12,14,16,18H,4,8,11H2,1-3H3. The third kappa shape index (κ3) is 4.37. The Morgan fingerprint density at radius 3 is 2.67 bits per heavy atom. The van der Waals surface area contributed by atoms with E-state index in [0.29, 0.717) is 6.04 Å². The van der Waals surface area contributed by atoms with E-state index in [1.807, 2.05) is 25.2 Å². The highest BCUT2D eigenvalue weighted by molar-refractivity contribution is 7.09. The van der Waals surface area contributed by atoms with Crippen molar-refractivity contribution >= 4 is 11.3 Å². The monoisotopic (exact) mass is 304 g/mol. The Kier molecular flexibility index (Phi) is 6.36. The van der Waals surface area contributed by atoms with E-state index in [0.717, 1.165) is 30.0 Å². The van der Waals surface area contributed by atoms with Crippen molar-refractivity contribution in [3.63, 3.8) is 0 Å². The summed E-state index contributed by atoms with van der Waals surface area (Å²) in [6, 6.07) is 10.6. The largest absolute Gasteiger partial charge is 0.380 e. The molecule has 0 radical (unpaired) electrons. The summed E-state index contributed by atoms with van der Waals surface area (Å²) in [7, 11) is 3.79. The highest BCUT2D eigenvalue weighted by atomic mass is 32.1. The SMILES string of the molecule is CCCC(OC)C(Cc1nc(-c2ccccc2)cs1)NC. The van der Waals surface area contributed by atoms with Crippen molar-refractivity contribution in [2.24, 2.45) is 0 Å². The van der Waals surface area contributed by atoms with Crippen molar-refractivity contribution in [3.05, 3.63) is 40.7 Å². The highest BCUT2D eigenvalue weighted by Gasteiger charge is 2.20. The Morgan fingerprint density at radius 1 is 1.29 bits per heavy atom. The summed E-state index contributed by atoms with van der Waals surface area (Å²) in [4.78, 5) is 4.77. The molecule has 1 N–H and O–H groups in total. The second kappa shape index (κ2) is 8.27. The summed E-state index contributed by atoms with van der Waals surface area (Å²) in [5, 5.41) is 6.67. The predicted molar refractivity (Wildman–Crippen MR) is 89.8 cm³/mol. The van der Waals surface area contributed by atoms with Crippen molar-refractivity contribution in [2.45, 2.75) is 38.3 Å². The maximum absolute atomic E-state index is 5.62. The molecule has 0 fully saturated rings. The lowest BCUT2D eigenvalue weighted by Gasteiger charge is -2.24. The number of nitrogens with zero attached hydrogens (tertiary/aromatic N) is 1. The Balaban J connectivity index is 2.07. The molecule has 0 spiro atoms. The van der Waals surface area contributed by atoms with Crippen LogP contribution in [-0.2, 0) is 11.2 Å². The number of hydrogen-bond donors (Lipinski definition) is 1. The summed E-state index contributed by atoms with van der Waals surface area (Å²) >= 11 is 1.73. The van der Waals surface area contributed by atoms with E-state index in [-0.39, 0.29) is 6.10 Å². The molecule has 2 rings (SSSR count). The average Bonchev–Trinajstić information content (AvgIpc) is 3.00. The lowest BCUT2D eigenvalue weighted by Crippen LogP contribution is -2.40. The van der Waals surface area contributed by atoms with Crippen molar-refractivity contribution in [1.82, 2.24) is 10.3 Å². The van der Waals surface area contributed by atoms with E-state index >= 15 is 0 Å². The van der Waals surface area contributed by atoms with Gasteiger partial charge < -0.3 is 10.1 Å². The van der Waals surface area contributed by atoms with Crippen LogP contribution in [0.2, 0.25) is 0 Å². The van der Waals surface area contributed by atoms with Crippen molar-refractivity contribution in [3.8, 4) is 11.3 Å². The van der Waals surface area contributed by atoms with Gasteiger partial charge >= 0.3 is 0 Å². The number of rotatable bonds is 8. The molecule has 0 bridgehead atoms. The van der Waals surface area contributed by atoms with Gasteiger partial charge in [-0.2, -0.15) is 0 Å². The van der Waals surface area contributed by atoms with Gasteiger partial charge in [0, 0.05) is 30.5 Å². The zero-order valence-corrected chi connectivity index (χ0v) is 13.8. The Morgan fingerprint density at radius 2 is 2.05 bits per heavy atom. The molecule has 0 aliphatic rings. The van der Waals surface area contributed by atoms with Gasteiger partial charge in [-0.05, 0) is 13.5 Å². The van der Waals surface area contributed by atoms with E-state index in [2.05, 4.69) is 29.8 Å². The number of likely N-dealkylation sites (N-methyl/N-ethyl adjacent to an activating group) is 1. The fourth-order valence-corrected chi connectivity index (χ4v) is 3.38. The molecule has 0 amide bonds. The van der Waals surface area contributed by atoms with Gasteiger partial charge in [-0.25, -0.2) is 4.98 Å². The van der Waals surface area contributed by atoms with Crippen LogP contribution in [0.4, 0.5) is 0 Å². The number of methoxy groups -OCH3 is 1. The van der Waals surface area contributed by atoms with Crippen molar-refractivity contribution in [2.75, 3.05) is 14.2 Å². The topological polar surface area (TPSA) is 34.1 Å². The minimum Gasteiger partial charge on any atom is -0.380 e. The number of hydrogen-bond acceptors (Lipinski definition) is 4. The van der Waals surface area contributed by atoms with Gasteiger partial charge in [-0.1, -0.05) is 43.7 Å². The molecule has 2 unspecified atom stereocenters. The fraction of sp³-hybridized carbons (Fsp3) is 0.471. The molecular weight excluding hydrogens is 280 g/mol. The van der Waals surface area contributed by atoms with Crippen LogP contribution < -0.4 is 5.32 Å². The molecule has 0 aliphatic carbocycles. The molecule has 1 aromatic carbocycles. The number of aromatic nitrogens is 1. The minimum absolute atomic E-state index is 0.240. The van der Waals surface area contributed by atoms with Crippen LogP contribution in [0.3, 0.4) is 0 Å². The van der Waals surface area contributed by atoms with Gasteiger partial charge in [0.1, 0.15) is 0 Å². The normalized spacial score (nSPS) is 14.0. The summed E-state index contributed by atoms with van der Waals surface area (Å²) in [5.74, 6) is 0. The second-order valence-corrected chi connectivity index (χ2v) is 6.10. The van der Waals surface area contributed by atoms with E-state index in [1.165, 1.54) is 5.56 Å². The Hall–Kier alpha value is -1.23. The molecule has 0 saturated heterocycles. The van der Waals surface area contributed by atoms with E-state index < -0.39 is 0 Å². The van der Waals surface area contributed by atoms with Crippen molar-refractivity contribution in [1.29, 1.82) is 0 Å². The molecule has 1 heterocycles. The molecule has 1 aromatic heterocycles. The third-order valence-electron chi connectivity index (χ3n) is 3.71. The number of thiazole rings is 1. The van der Waals surface area contributed by atoms with Crippen LogP contribution in [0.15, 0.2) is 35.7 Å². The first-order chi connectivity index (χ1) is 10.3. The number of ether oxygens (including phenoxy) is 1. The second-order valence-electron chi connectivity index (χ2n) is 5.15. The molecule has 4 heteroatoms. The van der Waals surface area contributed by atoms with E-state index in [9.17, 15) is 0 Å². The minimum atomic E-state index is 0.240. The lowest BCUT2D eigenvalue weighted by molar-refractivity contribution is 0.0633. The molecule has 3 nitrogen and oxygen atoms in total. The first kappa shape index (κ1) is 16.1. The molecule has 114 valence electrons. The summed E-state index contributed by atoms with van der Waals surface area (Å²) in [6.07, 6.45) is 3.35. The Bertz CT molecular complexity index is 527. The number of nitrogens with one attached hydrogen (secondary N) is 1. The maximum Gasteiger partial charge on any atom is 0.0949 e. The summed E-state index contributed by atoms with van der Waals surface area (Å²) < 4.78 is 5.62. The maximum atomic E-state index is 5.62. The summed E-state index contributed by atoms with van der Waals surface area (Å²) in [5.41, 5.74) is 2.24. The lowest BCUT2D eigenvalue weighted by atomic mass is 10.0. The molecular formula is C17H24N2OS. The predicted octanol–water partition coefficient (Wildman–Crippen LogP) is 3.76. The first-order valence-electron chi connectivity index (χ1n) is 7.48. The zero-order valence-electron chi connectivity index (χ0n) is 13.0. The van der Waals surface area contributed by atoms with Crippen LogP contribution >= 0.6 is 11.3 Å². The Labute approximate surface area is 131 Å². The van der Waals surface area contributed by atoms with Gasteiger partial charge in [0.2, 0.25) is 0 Å². The molecule has 0 aliphatic heterocycles. The van der Waals surface area contributed by atoms with Crippen LogP contribution in [0, 0.1) is 0 Å². The average molecular weight is 304 g/mol. The molecule has 21 heavy (non-hydrogen) atoms. The van der Waals surface area contributed by atoms with Gasteiger partial charge in [0.15, 0.2) is 0 Å². The highest BCUT2D eigenvalue weighted by Crippen LogP contribution is 2.23. The fourth-order valence-electron chi connectivity index (χ4n) is 2.52. The number of benzene rings is 1. The first-order valence-corrected chi connectivity index (χ1v) is 8.36. The molecule has 2 aromatic rings. The van der Waals surface area contributed by atoms with E-state index in [4.69, 9.17) is 9.72 Å². The van der Waals surface area contributed by atoms with E-state index in [1.54, 1.807) is 18.4 Å². The van der Waals surface area contributed by atoms with Crippen LogP contribution in [0.25, 0.3) is 11.3 Å². The van der Waals surface area contributed by atoms with Crippen LogP contribution in [-0.4, -0.2) is 31.3 Å². The third-order valence-corrected chi connectivity index (χ3v) is 4.58. The zero-order chi connectivity index (χ0) is 15.1. The molecule has 0 saturated carbocycles. The van der Waals surface area contributed by atoms with Gasteiger partial charge in [0.05, 0.1) is 16.8 Å². The van der Waals surface area contributed by atoms with Gasteiger partial charge in [0.25, 0.3) is 0 Å². The van der Waals surface area contributed by atoms with Crippen molar-refractivity contribution < 1.29 is 4.74 Å². The summed E-state index contributed by atoms with van der Waals surface area (Å²) in [6.45, 7) is 2.19. The van der Waals surface area contributed by atoms with Crippen LogP contribution in [0.1, 0.15) is 24.8 Å². The van der Waals surface area contributed by atoms with Gasteiger partial charge in [-0.15, -0.1) is 11.3 Å².